The Labute approximate surface area is 46.6 Å². The predicted molar refractivity (Wildman–Crippen MR) is 4.97 cm³/mol. The van der Waals surface area contributed by atoms with Crippen LogP contribution in [0.5, 0.6) is 0 Å². The third-order valence-corrected chi connectivity index (χ3v) is 0. The van der Waals surface area contributed by atoms with Gasteiger partial charge in [-0.2, -0.15) is 0 Å². The minimum Gasteiger partial charge on any atom is -2.00 e. The molecule has 5 heavy (non-hydrogen) atoms. The monoisotopic (exact) mass is 250 g/mol. The molecular formula is H2O4W-6. The summed E-state index contributed by atoms with van der Waals surface area (Å²) in [4.78, 5) is 0. The average molecular weight is 250 g/mol. The van der Waals surface area contributed by atoms with Crippen LogP contribution in [0.4, 0.5) is 0 Å². The molecule has 0 heterocycles. The predicted octanol–water partition coefficient (Wildman–Crippen LogP) is -0.253. The summed E-state index contributed by atoms with van der Waals surface area (Å²) in [5.74, 6) is 0. The van der Waals surface area contributed by atoms with E-state index in [0.29, 0.717) is 0 Å². The fraction of sp³-hybridized carbons (Fsp3) is 0. The zero-order valence-electron chi connectivity index (χ0n) is 4.04. The van der Waals surface area contributed by atoms with Crippen molar-refractivity contribution in [2.24, 2.45) is 0 Å². The number of hydrogen-bond acceptors (Lipinski definition) is 0. The van der Waals surface area contributed by atoms with E-state index in [1.165, 1.54) is 0 Å². The van der Waals surface area contributed by atoms with Crippen molar-refractivity contribution in [3.63, 3.8) is 0 Å². The van der Waals surface area contributed by atoms with Gasteiger partial charge in [-0.3, -0.25) is 0 Å². The molecule has 0 aromatic carbocycles. The molecule has 0 aliphatic rings. The minimum atomic E-state index is 0. The van der Waals surface area contributed by atoms with Crippen LogP contribution in [-0.2, 0) is 43.0 Å². The molecule has 0 aromatic heterocycles. The van der Waals surface area contributed by atoms with E-state index >= 15 is 0 Å². The molecule has 0 atom stereocenters. The third-order valence-electron chi connectivity index (χ3n) is 0. The maximum atomic E-state index is 0. The van der Waals surface area contributed by atoms with Crippen LogP contribution in [0.2, 0.25) is 0 Å². The van der Waals surface area contributed by atoms with Gasteiger partial charge in [-0.1, -0.05) is 0 Å². The van der Waals surface area contributed by atoms with Crippen molar-refractivity contribution in [3.8, 4) is 0 Å². The van der Waals surface area contributed by atoms with Crippen molar-refractivity contribution in [2.75, 3.05) is 0 Å². The SMILES string of the molecule is [H+].[H+].[O-2].[O-2].[O-2].[O-2].[W]. The van der Waals surface area contributed by atoms with E-state index in [9.17, 15) is 0 Å². The summed E-state index contributed by atoms with van der Waals surface area (Å²) in [6.07, 6.45) is 0. The van der Waals surface area contributed by atoms with Gasteiger partial charge < -0.3 is 21.9 Å². The van der Waals surface area contributed by atoms with Gasteiger partial charge in [0.1, 0.15) is 0 Å². The summed E-state index contributed by atoms with van der Waals surface area (Å²) in [7, 11) is 0. The summed E-state index contributed by atoms with van der Waals surface area (Å²) in [5.41, 5.74) is 0. The molecule has 38 valence electrons. The molecule has 0 aromatic rings. The van der Waals surface area contributed by atoms with Gasteiger partial charge in [0.15, 0.2) is 0 Å². The molecule has 4 nitrogen and oxygen atoms in total. The van der Waals surface area contributed by atoms with Crippen LogP contribution in [0.1, 0.15) is 2.85 Å². The van der Waals surface area contributed by atoms with Crippen molar-refractivity contribution in [1.82, 2.24) is 0 Å². The molecule has 0 unspecified atom stereocenters. The Morgan fingerprint density at radius 2 is 0.600 bits per heavy atom. The number of rotatable bonds is 0. The van der Waals surface area contributed by atoms with E-state index < -0.39 is 0 Å². The Morgan fingerprint density at radius 3 is 0.600 bits per heavy atom. The molecule has 0 amide bonds. The normalized spacial score (nSPS) is 0. The first kappa shape index (κ1) is 406. The summed E-state index contributed by atoms with van der Waals surface area (Å²) in [5, 5.41) is 0. The second-order valence-electron chi connectivity index (χ2n) is 0. The Bertz CT molecular complexity index is 9.65. The van der Waals surface area contributed by atoms with E-state index in [0.717, 1.165) is 0 Å². The van der Waals surface area contributed by atoms with E-state index in [4.69, 9.17) is 0 Å². The average Bonchev–Trinajstić information content (AvgIpc) is 0. The van der Waals surface area contributed by atoms with Gasteiger partial charge in [0, 0.05) is 21.1 Å². The Hall–Kier alpha value is 0.528. The zero-order valence-corrected chi connectivity index (χ0v) is 4.97. The molecule has 0 saturated carbocycles. The van der Waals surface area contributed by atoms with E-state index in [2.05, 4.69) is 0 Å². The molecule has 0 rings (SSSR count). The molecule has 0 spiro atoms. The first-order valence-corrected chi connectivity index (χ1v) is 0. The summed E-state index contributed by atoms with van der Waals surface area (Å²) >= 11 is 0. The summed E-state index contributed by atoms with van der Waals surface area (Å²) in [6.45, 7) is 0. The van der Waals surface area contributed by atoms with Crippen molar-refractivity contribution in [3.05, 3.63) is 0 Å². The Balaban J connectivity index is 0. The first-order valence-electron chi connectivity index (χ1n) is 0. The molecule has 0 radical (unpaired) electrons. The maximum absolute atomic E-state index is 0. The molecule has 0 saturated heterocycles. The topological polar surface area (TPSA) is 114 Å². The molecule has 0 bridgehead atoms. The smallest absolute Gasteiger partial charge is 1.00 e. The van der Waals surface area contributed by atoms with E-state index in [1.807, 2.05) is 0 Å². The summed E-state index contributed by atoms with van der Waals surface area (Å²) < 4.78 is 0. The van der Waals surface area contributed by atoms with Gasteiger partial charge >= 0.3 is 2.85 Å². The van der Waals surface area contributed by atoms with Crippen molar-refractivity contribution in [1.29, 1.82) is 0 Å². The molecule has 0 fully saturated rings. The zero-order chi connectivity index (χ0) is 0. The van der Waals surface area contributed by atoms with Gasteiger partial charge in [0.2, 0.25) is 0 Å². The van der Waals surface area contributed by atoms with Gasteiger partial charge in [-0.05, 0) is 0 Å². The van der Waals surface area contributed by atoms with Crippen molar-refractivity contribution < 1.29 is 45.8 Å². The molecule has 5 heteroatoms. The van der Waals surface area contributed by atoms with Crippen LogP contribution < -0.4 is 0 Å². The van der Waals surface area contributed by atoms with Gasteiger partial charge in [0.05, 0.1) is 0 Å². The molecular weight excluding hydrogens is 248 g/mol. The molecule has 0 N–H and O–H groups in total. The van der Waals surface area contributed by atoms with Crippen LogP contribution in [0, 0.1) is 0 Å². The largest absolute Gasteiger partial charge is 2.00 e. The van der Waals surface area contributed by atoms with Crippen LogP contribution >= 0.6 is 0 Å². The fourth-order valence-corrected chi connectivity index (χ4v) is 0. The second kappa shape index (κ2) is 202. The Kier molecular flexibility index (Phi) is 16400. The van der Waals surface area contributed by atoms with Gasteiger partial charge in [-0.15, -0.1) is 0 Å². The van der Waals surface area contributed by atoms with E-state index in [1.54, 1.807) is 0 Å². The van der Waals surface area contributed by atoms with Crippen LogP contribution in [0.3, 0.4) is 0 Å². The standard InChI is InChI=1S/4O.W/q4*-2;/p+2. The van der Waals surface area contributed by atoms with Gasteiger partial charge in [0.25, 0.3) is 0 Å². The third kappa shape index (κ3) is 104. The van der Waals surface area contributed by atoms with Crippen LogP contribution in [0.25, 0.3) is 0 Å². The fourth-order valence-electron chi connectivity index (χ4n) is 0. The second-order valence-corrected chi connectivity index (χ2v) is 0. The van der Waals surface area contributed by atoms with Crippen molar-refractivity contribution in [2.45, 2.75) is 0 Å². The van der Waals surface area contributed by atoms with Crippen molar-refractivity contribution >= 4 is 0 Å². The van der Waals surface area contributed by atoms with Crippen LogP contribution in [-0.4, -0.2) is 0 Å². The maximum Gasteiger partial charge on any atom is 1.00 e. The van der Waals surface area contributed by atoms with E-state index in [-0.39, 0.29) is 45.8 Å². The molecule has 0 aliphatic carbocycles. The number of hydrogen-bond donors (Lipinski definition) is 0. The van der Waals surface area contributed by atoms with Gasteiger partial charge in [-0.25, -0.2) is 0 Å². The van der Waals surface area contributed by atoms with Crippen LogP contribution in [0.15, 0.2) is 0 Å². The molecule has 0 aliphatic heterocycles. The minimum absolute atomic E-state index is 0. The summed E-state index contributed by atoms with van der Waals surface area (Å²) in [6, 6.07) is 0. The Morgan fingerprint density at radius 1 is 0.600 bits per heavy atom. The first-order chi connectivity index (χ1) is 0. The quantitative estimate of drug-likeness (QED) is 0.563.